The molecule has 1 saturated heterocycles. The topological polar surface area (TPSA) is 122 Å². The highest BCUT2D eigenvalue weighted by Crippen LogP contribution is 2.24. The first-order valence-electron chi connectivity index (χ1n) is 12.1. The number of aromatic amines is 1. The maximum absolute atomic E-state index is 13.5. The first-order chi connectivity index (χ1) is 16.8. The molecule has 3 aromatic heterocycles. The van der Waals surface area contributed by atoms with Crippen molar-refractivity contribution in [1.29, 1.82) is 0 Å². The highest BCUT2D eigenvalue weighted by molar-refractivity contribution is 6.05. The molecule has 0 aliphatic carbocycles. The number of furan rings is 1. The Hall–Kier alpha value is -3.24. The third-order valence-electron chi connectivity index (χ3n) is 6.28. The molecular weight excluding hydrogens is 450 g/mol. The molecule has 4 heterocycles. The summed E-state index contributed by atoms with van der Waals surface area (Å²) in [6.45, 7) is 11.1. The minimum atomic E-state index is -0.614. The minimum Gasteiger partial charge on any atom is -0.465 e. The molecule has 1 aliphatic heterocycles. The molecule has 0 radical (unpaired) electrons. The van der Waals surface area contributed by atoms with Crippen LogP contribution in [0.3, 0.4) is 0 Å². The lowest BCUT2D eigenvalue weighted by atomic mass is 10.0. The van der Waals surface area contributed by atoms with E-state index in [4.69, 9.17) is 9.15 Å². The number of pyridine rings is 1. The van der Waals surface area contributed by atoms with E-state index in [1.807, 2.05) is 39.8 Å². The molecule has 1 aliphatic rings. The maximum Gasteiger partial charge on any atom is 0.329 e. The monoisotopic (exact) mass is 483 g/mol. The zero-order valence-electron chi connectivity index (χ0n) is 20.7. The van der Waals surface area contributed by atoms with Gasteiger partial charge in [0.2, 0.25) is 0 Å². The number of hydrogen-bond acceptors (Lipinski definition) is 7. The van der Waals surface area contributed by atoms with E-state index in [0.717, 1.165) is 24.6 Å². The van der Waals surface area contributed by atoms with E-state index < -0.39 is 17.2 Å². The number of nitrogens with one attached hydrogen (secondary N) is 2. The van der Waals surface area contributed by atoms with Gasteiger partial charge in [-0.15, -0.1) is 0 Å². The van der Waals surface area contributed by atoms with Crippen LogP contribution in [-0.4, -0.2) is 58.2 Å². The lowest BCUT2D eigenvalue weighted by molar-refractivity contribution is 0.0117. The Morgan fingerprint density at radius 2 is 1.97 bits per heavy atom. The van der Waals surface area contributed by atoms with Crippen LogP contribution in [-0.2, 0) is 11.3 Å². The van der Waals surface area contributed by atoms with Gasteiger partial charge in [-0.25, -0.2) is 9.78 Å². The maximum atomic E-state index is 13.5. The SMILES string of the molecule is CCCn1c(=O)[nH]c(=O)c2c(C(=O)NCC(c3ccc(C)o3)N3CCOCC3)cc(C(C)C)nc21. The van der Waals surface area contributed by atoms with Crippen molar-refractivity contribution in [1.82, 2.24) is 24.8 Å². The van der Waals surface area contributed by atoms with E-state index in [0.29, 0.717) is 38.4 Å². The molecule has 1 amide bonds. The van der Waals surface area contributed by atoms with Crippen LogP contribution in [0.25, 0.3) is 11.0 Å². The first kappa shape index (κ1) is 24.9. The zero-order chi connectivity index (χ0) is 25.1. The molecule has 4 rings (SSSR count). The summed E-state index contributed by atoms with van der Waals surface area (Å²) in [6, 6.07) is 5.31. The Morgan fingerprint density at radius 3 is 2.60 bits per heavy atom. The standard InChI is InChI=1S/C25H33N5O5/c1-5-8-30-22-21(24(32)28-25(30)33)17(13-18(27-22)15(2)3)23(31)26-14-19(20-7-6-16(4)35-20)29-9-11-34-12-10-29/h6-7,13,15,19H,5,8-12,14H2,1-4H3,(H,26,31)(H,28,32,33). The van der Waals surface area contributed by atoms with Crippen molar-refractivity contribution in [3.05, 3.63) is 61.8 Å². The Morgan fingerprint density at radius 1 is 1.23 bits per heavy atom. The third-order valence-corrected chi connectivity index (χ3v) is 6.28. The largest absolute Gasteiger partial charge is 0.465 e. The number of H-pyrrole nitrogens is 1. The molecule has 0 bridgehead atoms. The van der Waals surface area contributed by atoms with Gasteiger partial charge in [0.1, 0.15) is 11.5 Å². The summed E-state index contributed by atoms with van der Waals surface area (Å²) < 4.78 is 12.8. The predicted octanol–water partition coefficient (Wildman–Crippen LogP) is 2.32. The molecule has 2 N–H and O–H groups in total. The Labute approximate surface area is 203 Å². The van der Waals surface area contributed by atoms with Crippen molar-refractivity contribution in [3.63, 3.8) is 0 Å². The van der Waals surface area contributed by atoms with Crippen LogP contribution in [0, 0.1) is 6.92 Å². The van der Waals surface area contributed by atoms with Gasteiger partial charge in [0.15, 0.2) is 5.65 Å². The average Bonchev–Trinajstić information content (AvgIpc) is 3.27. The molecule has 35 heavy (non-hydrogen) atoms. The van der Waals surface area contributed by atoms with Crippen LogP contribution >= 0.6 is 0 Å². The molecule has 10 heteroatoms. The minimum absolute atomic E-state index is 0.00242. The molecule has 1 atom stereocenters. The number of aryl methyl sites for hydroxylation is 2. The van der Waals surface area contributed by atoms with Crippen molar-refractivity contribution < 1.29 is 13.9 Å². The third kappa shape index (κ3) is 5.23. The predicted molar refractivity (Wildman–Crippen MR) is 132 cm³/mol. The molecular formula is C25H33N5O5. The summed E-state index contributed by atoms with van der Waals surface area (Å²) in [5.41, 5.74) is -0.0465. The number of rotatable bonds is 8. The quantitative estimate of drug-likeness (QED) is 0.504. The Bertz CT molecular complexity index is 1320. The van der Waals surface area contributed by atoms with E-state index in [-0.39, 0.29) is 28.6 Å². The molecule has 1 fully saturated rings. The van der Waals surface area contributed by atoms with Crippen LogP contribution in [0.1, 0.15) is 66.7 Å². The van der Waals surface area contributed by atoms with Gasteiger partial charge in [-0.2, -0.15) is 0 Å². The molecule has 0 aromatic carbocycles. The van der Waals surface area contributed by atoms with Gasteiger partial charge < -0.3 is 14.5 Å². The van der Waals surface area contributed by atoms with Gasteiger partial charge in [0, 0.05) is 31.9 Å². The van der Waals surface area contributed by atoms with Gasteiger partial charge in [-0.3, -0.25) is 24.0 Å². The van der Waals surface area contributed by atoms with E-state index in [9.17, 15) is 14.4 Å². The smallest absolute Gasteiger partial charge is 0.329 e. The summed E-state index contributed by atoms with van der Waals surface area (Å²) in [7, 11) is 0. The summed E-state index contributed by atoms with van der Waals surface area (Å²) >= 11 is 0. The summed E-state index contributed by atoms with van der Waals surface area (Å²) in [4.78, 5) is 48.0. The van der Waals surface area contributed by atoms with E-state index >= 15 is 0 Å². The Kier molecular flexibility index (Phi) is 7.51. The summed E-state index contributed by atoms with van der Waals surface area (Å²) in [6.07, 6.45) is 0.681. The van der Waals surface area contributed by atoms with Gasteiger partial charge in [-0.1, -0.05) is 20.8 Å². The molecule has 10 nitrogen and oxygen atoms in total. The molecule has 1 unspecified atom stereocenters. The molecule has 0 saturated carbocycles. The van der Waals surface area contributed by atoms with Crippen molar-refractivity contribution in [3.8, 4) is 0 Å². The van der Waals surface area contributed by atoms with Gasteiger partial charge in [0.25, 0.3) is 11.5 Å². The summed E-state index contributed by atoms with van der Waals surface area (Å²) in [5, 5.41) is 3.13. The fourth-order valence-electron chi connectivity index (χ4n) is 4.42. The second-order valence-corrected chi connectivity index (χ2v) is 9.18. The number of morpholine rings is 1. The lowest BCUT2D eigenvalue weighted by Crippen LogP contribution is -2.44. The Balaban J connectivity index is 1.72. The van der Waals surface area contributed by atoms with Crippen LogP contribution in [0.2, 0.25) is 0 Å². The van der Waals surface area contributed by atoms with Gasteiger partial charge in [0.05, 0.1) is 30.2 Å². The summed E-state index contributed by atoms with van der Waals surface area (Å²) in [5.74, 6) is 1.17. The van der Waals surface area contributed by atoms with Gasteiger partial charge in [-0.05, 0) is 37.5 Å². The van der Waals surface area contributed by atoms with Crippen LogP contribution < -0.4 is 16.6 Å². The second kappa shape index (κ2) is 10.6. The molecule has 188 valence electrons. The van der Waals surface area contributed by atoms with Crippen LogP contribution in [0.5, 0.6) is 0 Å². The zero-order valence-corrected chi connectivity index (χ0v) is 20.7. The number of amides is 1. The molecule has 3 aromatic rings. The number of hydrogen-bond donors (Lipinski definition) is 2. The van der Waals surface area contributed by atoms with Crippen molar-refractivity contribution in [2.75, 3.05) is 32.8 Å². The second-order valence-electron chi connectivity index (χ2n) is 9.18. The lowest BCUT2D eigenvalue weighted by Gasteiger charge is -2.33. The van der Waals surface area contributed by atoms with Crippen molar-refractivity contribution in [2.45, 2.75) is 52.6 Å². The number of carbonyl (C=O) groups excluding carboxylic acids is 1. The normalized spacial score (nSPS) is 15.6. The fraction of sp³-hybridized carbons (Fsp3) is 0.520. The number of ether oxygens (including phenoxy) is 1. The number of aromatic nitrogens is 3. The first-order valence-corrected chi connectivity index (χ1v) is 12.1. The average molecular weight is 484 g/mol. The van der Waals surface area contributed by atoms with E-state index in [1.165, 1.54) is 4.57 Å². The van der Waals surface area contributed by atoms with Gasteiger partial charge >= 0.3 is 5.69 Å². The number of nitrogens with zero attached hydrogens (tertiary/aromatic N) is 3. The highest BCUT2D eigenvalue weighted by atomic mass is 16.5. The van der Waals surface area contributed by atoms with E-state index in [2.05, 4.69) is 20.2 Å². The fourth-order valence-corrected chi connectivity index (χ4v) is 4.42. The van der Waals surface area contributed by atoms with Crippen molar-refractivity contribution in [2.24, 2.45) is 0 Å². The number of carbonyl (C=O) groups is 1. The van der Waals surface area contributed by atoms with E-state index in [1.54, 1.807) is 6.07 Å². The highest BCUT2D eigenvalue weighted by Gasteiger charge is 2.27. The van der Waals surface area contributed by atoms with Crippen molar-refractivity contribution >= 4 is 16.9 Å². The van der Waals surface area contributed by atoms with Crippen LogP contribution in [0.15, 0.2) is 32.2 Å². The number of fused-ring (bicyclic) bond motifs is 1. The molecule has 0 spiro atoms. The van der Waals surface area contributed by atoms with Crippen LogP contribution in [0.4, 0.5) is 0 Å².